The molecule has 1 aliphatic heterocycles. The van der Waals surface area contributed by atoms with Gasteiger partial charge in [-0.05, 0) is 0 Å². The van der Waals surface area contributed by atoms with E-state index in [0.29, 0.717) is 0 Å². The molecule has 1 fully saturated rings. The van der Waals surface area contributed by atoms with Crippen molar-refractivity contribution < 1.29 is 66.5 Å². The Morgan fingerprint density at radius 1 is 1.43 bits per heavy atom. The van der Waals surface area contributed by atoms with Crippen molar-refractivity contribution in [3.05, 3.63) is 10.0 Å². The number of nitrogens with one attached hydrogen (secondary N) is 1. The molecule has 13 nitrogen and oxygen atoms in total. The molecule has 1 saturated heterocycles. The largest absolute Gasteiger partial charge is 1.00 e. The molecular weight excluding hydrogens is 453 g/mol. The van der Waals surface area contributed by atoms with E-state index < -0.39 is 45.9 Å². The van der Waals surface area contributed by atoms with Crippen LogP contribution in [0.5, 0.6) is 0 Å². The minimum absolute atomic E-state index is 0. The number of hydrogen-bond donors (Lipinski definition) is 2. The molecule has 148 valence electrons. The van der Waals surface area contributed by atoms with Gasteiger partial charge in [0.2, 0.25) is 0 Å². The van der Waals surface area contributed by atoms with Gasteiger partial charge in [-0.3, -0.25) is 9.59 Å². The van der Waals surface area contributed by atoms with Gasteiger partial charge in [-0.2, -0.15) is 0 Å². The van der Waals surface area contributed by atoms with Crippen LogP contribution in [0.4, 0.5) is 5.13 Å². The third-order valence-electron chi connectivity index (χ3n) is 3.25. The fourth-order valence-corrected chi connectivity index (χ4v) is 3.91. The molecule has 2 atom stereocenters. The molecule has 3 N–H and O–H groups in total. The summed E-state index contributed by atoms with van der Waals surface area (Å²) in [7, 11) is -3.26. The zero-order chi connectivity index (χ0) is 20.5. The number of thiazole rings is 1. The maximum Gasteiger partial charge on any atom is 1.00 e. The van der Waals surface area contributed by atoms with Gasteiger partial charge in [-0.25, -0.2) is 22.5 Å². The van der Waals surface area contributed by atoms with Gasteiger partial charge >= 0.3 is 35.5 Å². The number of methoxy groups -OCH3 is 1. The Morgan fingerprint density at radius 3 is 2.46 bits per heavy atom. The Balaban J connectivity index is 0.00000392. The third-order valence-corrected chi connectivity index (χ3v) is 5.22. The van der Waals surface area contributed by atoms with Crippen LogP contribution in [-0.4, -0.2) is 72.1 Å². The Kier molecular flexibility index (Phi) is 8.19. The molecule has 0 radical (unpaired) electrons. The predicted molar refractivity (Wildman–Crippen MR) is 89.4 cm³/mol. The van der Waals surface area contributed by atoms with Gasteiger partial charge < -0.3 is 25.2 Å². The summed E-state index contributed by atoms with van der Waals surface area (Å²) in [5.74, 6) is -3.63. The van der Waals surface area contributed by atoms with E-state index >= 15 is 0 Å². The Hall–Kier alpha value is -1.49. The SMILES string of the molecule is CON=C(C(=O)N[C@H]1C(=O)N(S(=O)(=O)[O-])[C@H]1C(=O)OC)c1nc(N)sc1Cl.[Na+]. The van der Waals surface area contributed by atoms with Crippen molar-refractivity contribution in [2.45, 2.75) is 12.1 Å². The number of carbonyl (C=O) groups excluding carboxylic acids is 3. The van der Waals surface area contributed by atoms with Crippen LogP contribution in [0, 0.1) is 0 Å². The minimum Gasteiger partial charge on any atom is -0.731 e. The minimum atomic E-state index is -5.30. The molecule has 1 aromatic heterocycles. The predicted octanol–water partition coefficient (Wildman–Crippen LogP) is -4.94. The summed E-state index contributed by atoms with van der Waals surface area (Å²) in [4.78, 5) is 44.5. The first-order valence-electron chi connectivity index (χ1n) is 6.74. The molecule has 2 rings (SSSR count). The normalized spacial score (nSPS) is 19.4. The van der Waals surface area contributed by atoms with E-state index in [1.54, 1.807) is 0 Å². The molecule has 2 heterocycles. The summed E-state index contributed by atoms with van der Waals surface area (Å²) < 4.78 is 37.5. The molecule has 0 unspecified atom stereocenters. The van der Waals surface area contributed by atoms with Gasteiger partial charge in [0.25, 0.3) is 11.8 Å². The number of hydrogen-bond acceptors (Lipinski definition) is 12. The number of β-lactam (4-membered cyclic amide) rings is 1. The van der Waals surface area contributed by atoms with Crippen LogP contribution in [0.3, 0.4) is 0 Å². The molecule has 1 aliphatic rings. The molecule has 0 saturated carbocycles. The number of carbonyl (C=O) groups is 3. The van der Waals surface area contributed by atoms with Gasteiger partial charge in [0.1, 0.15) is 23.2 Å². The van der Waals surface area contributed by atoms with Crippen LogP contribution in [0.15, 0.2) is 5.16 Å². The van der Waals surface area contributed by atoms with E-state index in [0.717, 1.165) is 25.6 Å². The summed E-state index contributed by atoms with van der Waals surface area (Å²) in [5, 5.41) is 5.54. The monoisotopic (exact) mass is 463 g/mol. The summed E-state index contributed by atoms with van der Waals surface area (Å²) in [6.45, 7) is 0. The summed E-state index contributed by atoms with van der Waals surface area (Å²) in [5.41, 5.74) is 4.84. The Labute approximate surface area is 189 Å². The number of oxime groups is 1. The summed E-state index contributed by atoms with van der Waals surface area (Å²) in [6, 6.07) is -3.56. The van der Waals surface area contributed by atoms with Gasteiger partial charge in [0, 0.05) is 0 Å². The molecule has 28 heavy (non-hydrogen) atoms. The molecule has 0 aliphatic carbocycles. The second-order valence-corrected chi connectivity index (χ2v) is 7.69. The number of esters is 1. The molecule has 17 heteroatoms. The number of halogens is 1. The molecule has 1 aromatic rings. The standard InChI is InChI=1S/C11H12ClN5O8S2.Na/c1-24-10(20)6-5(9(19)17(6)27(21,22)23)14-8(18)4(16-25-2)3-7(12)26-11(13)15-3;/h5-6H,1-2H3,(H2,13,15)(H,14,18)(H,21,22,23);/q;+1/p-1/t5-,6-;/m1./s1. The van der Waals surface area contributed by atoms with Crippen LogP contribution < -0.4 is 40.6 Å². The van der Waals surface area contributed by atoms with Crippen LogP contribution in [0.2, 0.25) is 4.34 Å². The number of ether oxygens (including phenoxy) is 1. The molecule has 0 aromatic carbocycles. The summed E-state index contributed by atoms with van der Waals surface area (Å²) >= 11 is 6.75. The van der Waals surface area contributed by atoms with Crippen LogP contribution in [0.25, 0.3) is 0 Å². The van der Waals surface area contributed by atoms with E-state index in [4.69, 9.17) is 17.3 Å². The number of nitrogen functional groups attached to an aromatic ring is 1. The zero-order valence-corrected chi connectivity index (χ0v) is 18.9. The van der Waals surface area contributed by atoms with E-state index in [-0.39, 0.29) is 49.0 Å². The van der Waals surface area contributed by atoms with Crippen LogP contribution >= 0.6 is 22.9 Å². The van der Waals surface area contributed by atoms with E-state index in [1.807, 2.05) is 0 Å². The maximum absolute atomic E-state index is 12.4. The van der Waals surface area contributed by atoms with E-state index in [1.165, 1.54) is 0 Å². The quantitative estimate of drug-likeness (QED) is 0.103. The fraction of sp³-hybridized carbons (Fsp3) is 0.364. The van der Waals surface area contributed by atoms with E-state index in [2.05, 4.69) is 25.0 Å². The number of nitrogens with two attached hydrogens (primary N) is 1. The van der Waals surface area contributed by atoms with Gasteiger partial charge in [0.05, 0.1) is 7.11 Å². The Morgan fingerprint density at radius 2 is 2.04 bits per heavy atom. The number of nitrogens with zero attached hydrogens (tertiary/aromatic N) is 3. The number of anilines is 1. The van der Waals surface area contributed by atoms with Crippen molar-refractivity contribution >= 4 is 61.9 Å². The third kappa shape index (κ3) is 4.73. The van der Waals surface area contributed by atoms with Crippen molar-refractivity contribution in [3.8, 4) is 0 Å². The molecular formula is C11H11ClN5NaO8S2. The van der Waals surface area contributed by atoms with Gasteiger partial charge in [-0.15, -0.1) is 0 Å². The average molecular weight is 464 g/mol. The summed E-state index contributed by atoms with van der Waals surface area (Å²) in [6.07, 6.45) is 0. The average Bonchev–Trinajstić information content (AvgIpc) is 2.90. The second-order valence-electron chi connectivity index (χ2n) is 4.81. The van der Waals surface area contributed by atoms with Crippen molar-refractivity contribution in [2.75, 3.05) is 20.0 Å². The maximum atomic E-state index is 12.4. The molecule has 0 spiro atoms. The number of amides is 2. The van der Waals surface area contributed by atoms with E-state index in [9.17, 15) is 27.4 Å². The van der Waals surface area contributed by atoms with Crippen molar-refractivity contribution in [3.63, 3.8) is 0 Å². The molecule has 2 amide bonds. The smallest absolute Gasteiger partial charge is 0.731 e. The second kappa shape index (κ2) is 9.34. The van der Waals surface area contributed by atoms with Crippen molar-refractivity contribution in [2.24, 2.45) is 5.16 Å². The fourth-order valence-electron chi connectivity index (χ4n) is 2.16. The van der Waals surface area contributed by atoms with Gasteiger partial charge in [-0.1, -0.05) is 28.1 Å². The Bertz CT molecular complexity index is 935. The van der Waals surface area contributed by atoms with Crippen molar-refractivity contribution in [1.82, 2.24) is 14.6 Å². The molecule has 0 bridgehead atoms. The first-order valence-corrected chi connectivity index (χ1v) is 9.30. The van der Waals surface area contributed by atoms with Gasteiger partial charge in [0.15, 0.2) is 27.2 Å². The number of aromatic nitrogens is 1. The number of rotatable bonds is 6. The zero-order valence-electron chi connectivity index (χ0n) is 14.5. The van der Waals surface area contributed by atoms with Crippen LogP contribution in [-0.2, 0) is 34.3 Å². The topological polar surface area (TPSA) is 193 Å². The van der Waals surface area contributed by atoms with Crippen molar-refractivity contribution in [1.29, 1.82) is 0 Å². The van der Waals surface area contributed by atoms with Crippen LogP contribution in [0.1, 0.15) is 5.69 Å². The first-order chi connectivity index (χ1) is 12.5. The first kappa shape index (κ1) is 24.5.